The first-order chi connectivity index (χ1) is 17.7. The lowest BCUT2D eigenvalue weighted by atomic mass is 10.0. The van der Waals surface area contributed by atoms with E-state index in [1.54, 1.807) is 18.2 Å². The fourth-order valence-corrected chi connectivity index (χ4v) is 7.78. The summed E-state index contributed by atoms with van der Waals surface area (Å²) in [4.78, 5) is 28.9. The summed E-state index contributed by atoms with van der Waals surface area (Å²) in [6.07, 6.45) is -0.383. The second kappa shape index (κ2) is 11.3. The van der Waals surface area contributed by atoms with Crippen LogP contribution < -0.4 is 14.8 Å². The molecule has 6 heteroatoms. The molecule has 0 spiro atoms. The lowest BCUT2D eigenvalue weighted by molar-refractivity contribution is 0.103. The number of hydrogen-bond donors (Lipinski definition) is 0. The average molecular weight is 535 g/mol. The lowest BCUT2D eigenvalue weighted by Gasteiger charge is -2.24. The molecule has 0 bridgehead atoms. The van der Waals surface area contributed by atoms with E-state index in [-0.39, 0.29) is 23.3 Å². The highest BCUT2D eigenvalue weighted by atomic mass is 31.2. The van der Waals surface area contributed by atoms with Crippen molar-refractivity contribution in [1.29, 1.82) is 0 Å². The molecular weight excluding hydrogens is 495 g/mol. The van der Waals surface area contributed by atoms with Crippen LogP contribution in [-0.4, -0.2) is 23.3 Å². The van der Waals surface area contributed by atoms with Crippen LogP contribution in [0.3, 0.4) is 0 Å². The standard InChI is InChI=1S/C32H39O5P/c1-18(2)36-26-11-12-28(27(17-26)37-19(3)4)38(35,31(33)29-22(7)13-20(5)14-23(29)8)32(34)30-24(9)15-21(6)16-25(30)10/h11-19H,1-10H3. The highest BCUT2D eigenvalue weighted by molar-refractivity contribution is 8.01. The summed E-state index contributed by atoms with van der Waals surface area (Å²) in [7, 11) is -4.44. The largest absolute Gasteiger partial charge is 0.491 e. The quantitative estimate of drug-likeness (QED) is 0.262. The van der Waals surface area contributed by atoms with Gasteiger partial charge in [0.2, 0.25) is 11.0 Å². The molecule has 0 atom stereocenters. The van der Waals surface area contributed by atoms with Crippen LogP contribution >= 0.6 is 7.14 Å². The molecule has 0 amide bonds. The topological polar surface area (TPSA) is 69.7 Å². The minimum atomic E-state index is -4.44. The van der Waals surface area contributed by atoms with Crippen molar-refractivity contribution < 1.29 is 23.6 Å². The number of carbonyl (C=O) groups excluding carboxylic acids is 2. The number of benzene rings is 3. The van der Waals surface area contributed by atoms with E-state index in [0.717, 1.165) is 11.1 Å². The van der Waals surface area contributed by atoms with Gasteiger partial charge in [0.1, 0.15) is 11.5 Å². The Bertz CT molecular complexity index is 1330. The Kier molecular flexibility index (Phi) is 8.73. The molecule has 0 aliphatic rings. The second-order valence-electron chi connectivity index (χ2n) is 10.7. The smallest absolute Gasteiger partial charge is 0.252 e. The molecule has 0 radical (unpaired) electrons. The Morgan fingerprint density at radius 1 is 0.632 bits per heavy atom. The van der Waals surface area contributed by atoms with Crippen LogP contribution in [0.5, 0.6) is 11.5 Å². The van der Waals surface area contributed by atoms with Gasteiger partial charge in [0.25, 0.3) is 7.14 Å². The first-order valence-electron chi connectivity index (χ1n) is 13.0. The van der Waals surface area contributed by atoms with Crippen LogP contribution in [0.2, 0.25) is 0 Å². The molecule has 0 aliphatic carbocycles. The Labute approximate surface area is 226 Å². The highest BCUT2D eigenvalue weighted by Gasteiger charge is 2.46. The van der Waals surface area contributed by atoms with E-state index in [9.17, 15) is 9.59 Å². The average Bonchev–Trinajstić information content (AvgIpc) is 2.76. The van der Waals surface area contributed by atoms with Gasteiger partial charge in [0.05, 0.1) is 17.5 Å². The third-order valence-corrected chi connectivity index (χ3v) is 9.00. The molecule has 0 saturated carbocycles. The van der Waals surface area contributed by atoms with Crippen LogP contribution in [0.1, 0.15) is 81.8 Å². The first-order valence-corrected chi connectivity index (χ1v) is 14.7. The third-order valence-electron chi connectivity index (χ3n) is 6.36. The van der Waals surface area contributed by atoms with Crippen LogP contribution in [0.4, 0.5) is 0 Å². The van der Waals surface area contributed by atoms with Crippen molar-refractivity contribution in [3.05, 3.63) is 87.0 Å². The van der Waals surface area contributed by atoms with Gasteiger partial charge in [-0.25, -0.2) is 0 Å². The zero-order valence-electron chi connectivity index (χ0n) is 24.2. The van der Waals surface area contributed by atoms with Gasteiger partial charge in [-0.1, -0.05) is 35.4 Å². The van der Waals surface area contributed by atoms with Crippen molar-refractivity contribution in [3.8, 4) is 11.5 Å². The van der Waals surface area contributed by atoms with E-state index in [4.69, 9.17) is 9.47 Å². The highest BCUT2D eigenvalue weighted by Crippen LogP contribution is 2.55. The predicted octanol–water partition coefficient (Wildman–Crippen LogP) is 7.78. The maximum atomic E-state index is 15.3. The number of rotatable bonds is 9. The zero-order valence-corrected chi connectivity index (χ0v) is 25.1. The van der Waals surface area contributed by atoms with Gasteiger partial charge < -0.3 is 14.0 Å². The van der Waals surface area contributed by atoms with Gasteiger partial charge in [0, 0.05) is 17.2 Å². The summed E-state index contributed by atoms with van der Waals surface area (Å²) >= 11 is 0. The van der Waals surface area contributed by atoms with Crippen LogP contribution in [0.15, 0.2) is 42.5 Å². The summed E-state index contributed by atoms with van der Waals surface area (Å²) in [5.74, 6) is 0.726. The van der Waals surface area contributed by atoms with Crippen molar-refractivity contribution in [2.45, 2.75) is 81.4 Å². The van der Waals surface area contributed by atoms with Crippen molar-refractivity contribution >= 4 is 23.5 Å². The molecule has 3 aromatic carbocycles. The minimum absolute atomic E-state index is 0.0936. The van der Waals surface area contributed by atoms with Crippen LogP contribution in [0, 0.1) is 41.5 Å². The van der Waals surface area contributed by atoms with Gasteiger partial charge >= 0.3 is 0 Å². The van der Waals surface area contributed by atoms with Crippen molar-refractivity contribution in [2.24, 2.45) is 0 Å². The Hall–Kier alpha value is -3.17. The van der Waals surface area contributed by atoms with Gasteiger partial charge in [-0.15, -0.1) is 0 Å². The molecule has 3 rings (SSSR count). The number of aryl methyl sites for hydroxylation is 6. The molecular formula is C32H39O5P. The van der Waals surface area contributed by atoms with E-state index >= 15 is 4.57 Å². The number of hydrogen-bond acceptors (Lipinski definition) is 5. The summed E-state index contributed by atoms with van der Waals surface area (Å²) in [5.41, 5.74) is 3.98. The van der Waals surface area contributed by atoms with Crippen LogP contribution in [-0.2, 0) is 4.57 Å². The molecule has 0 unspecified atom stereocenters. The number of ether oxygens (including phenoxy) is 2. The molecule has 0 aliphatic heterocycles. The van der Waals surface area contributed by atoms with Gasteiger partial charge in [0.15, 0.2) is 0 Å². The maximum absolute atomic E-state index is 15.3. The minimum Gasteiger partial charge on any atom is -0.491 e. The van der Waals surface area contributed by atoms with Crippen LogP contribution in [0.25, 0.3) is 0 Å². The van der Waals surface area contributed by atoms with Crippen molar-refractivity contribution in [3.63, 3.8) is 0 Å². The Morgan fingerprint density at radius 2 is 1.03 bits per heavy atom. The number of carbonyl (C=O) groups is 2. The molecule has 0 N–H and O–H groups in total. The Balaban J connectivity index is 2.40. The van der Waals surface area contributed by atoms with E-state index in [0.29, 0.717) is 39.1 Å². The van der Waals surface area contributed by atoms with Crippen molar-refractivity contribution in [2.75, 3.05) is 0 Å². The third kappa shape index (κ3) is 5.78. The summed E-state index contributed by atoms with van der Waals surface area (Å²) in [5, 5.41) is 0.0936. The van der Waals surface area contributed by atoms with Gasteiger partial charge in [-0.2, -0.15) is 0 Å². The van der Waals surface area contributed by atoms with Crippen molar-refractivity contribution in [1.82, 2.24) is 0 Å². The molecule has 0 fully saturated rings. The monoisotopic (exact) mass is 534 g/mol. The summed E-state index contributed by atoms with van der Waals surface area (Å²) < 4.78 is 27.3. The maximum Gasteiger partial charge on any atom is 0.252 e. The van der Waals surface area contributed by atoms with Gasteiger partial charge in [-0.3, -0.25) is 9.59 Å². The normalized spacial score (nSPS) is 11.7. The van der Waals surface area contributed by atoms with E-state index in [1.807, 2.05) is 93.5 Å². The SMILES string of the molecule is Cc1cc(C)c(C(=O)P(=O)(C(=O)c2c(C)cc(C)cc2C)c2ccc(OC(C)C)cc2OC(C)C)c(C)c1. The molecule has 3 aromatic rings. The molecule has 38 heavy (non-hydrogen) atoms. The first kappa shape index (κ1) is 29.4. The fraction of sp³-hybridized carbons (Fsp3) is 0.375. The molecule has 0 saturated heterocycles. The molecule has 0 heterocycles. The van der Waals surface area contributed by atoms with E-state index < -0.39 is 18.2 Å². The Morgan fingerprint density at radius 3 is 1.39 bits per heavy atom. The van der Waals surface area contributed by atoms with E-state index in [2.05, 4.69) is 0 Å². The molecule has 5 nitrogen and oxygen atoms in total. The lowest BCUT2D eigenvalue weighted by Crippen LogP contribution is -2.25. The van der Waals surface area contributed by atoms with Gasteiger partial charge in [-0.05, 0) is 104 Å². The second-order valence-corrected chi connectivity index (χ2v) is 13.2. The summed E-state index contributed by atoms with van der Waals surface area (Å²) in [6.45, 7) is 18.6. The van der Waals surface area contributed by atoms with E-state index in [1.165, 1.54) is 0 Å². The predicted molar refractivity (Wildman–Crippen MR) is 155 cm³/mol. The fourth-order valence-electron chi connectivity index (χ4n) is 5.11. The molecule has 202 valence electrons. The zero-order chi connectivity index (χ0) is 28.5. The summed E-state index contributed by atoms with van der Waals surface area (Å²) in [6, 6.07) is 12.4. The molecule has 0 aromatic heterocycles.